The van der Waals surface area contributed by atoms with Crippen molar-refractivity contribution in [3.05, 3.63) is 90.5 Å². The molecule has 1 aromatic heterocycles. The van der Waals surface area contributed by atoms with E-state index < -0.39 is 0 Å². The van der Waals surface area contributed by atoms with Gasteiger partial charge in [-0.05, 0) is 36.2 Å². The van der Waals surface area contributed by atoms with Crippen LogP contribution in [0.2, 0.25) is 0 Å². The van der Waals surface area contributed by atoms with E-state index in [1.807, 2.05) is 84.9 Å². The van der Waals surface area contributed by atoms with E-state index in [0.717, 1.165) is 53.3 Å². The Labute approximate surface area is 188 Å². The molecule has 0 amide bonds. The Morgan fingerprint density at radius 3 is 2.12 bits per heavy atom. The van der Waals surface area contributed by atoms with Gasteiger partial charge >= 0.3 is 0 Å². The number of anilines is 1. The number of aromatic nitrogens is 3. The molecule has 1 N–H and O–H groups in total. The highest BCUT2D eigenvalue weighted by atomic mass is 16.5. The van der Waals surface area contributed by atoms with Gasteiger partial charge in [-0.25, -0.2) is 10.4 Å². The van der Waals surface area contributed by atoms with E-state index in [0.29, 0.717) is 5.95 Å². The van der Waals surface area contributed by atoms with Gasteiger partial charge in [0.25, 0.3) is 5.95 Å². The second-order valence-electron chi connectivity index (χ2n) is 7.21. The van der Waals surface area contributed by atoms with Crippen LogP contribution in [-0.2, 0) is 0 Å². The summed E-state index contributed by atoms with van der Waals surface area (Å²) in [5, 5.41) is 12.9. The first-order valence-electron chi connectivity index (χ1n) is 10.7. The van der Waals surface area contributed by atoms with Crippen LogP contribution in [0.5, 0.6) is 5.75 Å². The molecule has 4 rings (SSSR count). The maximum absolute atomic E-state index is 5.69. The van der Waals surface area contributed by atoms with Crippen molar-refractivity contribution in [1.82, 2.24) is 15.2 Å². The lowest BCUT2D eigenvalue weighted by atomic mass is 10.0. The molecule has 6 heteroatoms. The lowest BCUT2D eigenvalue weighted by molar-refractivity contribution is 0.309. The Morgan fingerprint density at radius 1 is 0.812 bits per heavy atom. The van der Waals surface area contributed by atoms with E-state index in [-0.39, 0.29) is 0 Å². The lowest BCUT2D eigenvalue weighted by Gasteiger charge is -2.09. The van der Waals surface area contributed by atoms with Crippen molar-refractivity contribution < 1.29 is 4.74 Å². The number of hydrogen-bond donors (Lipinski definition) is 1. The molecule has 1 heterocycles. The van der Waals surface area contributed by atoms with Gasteiger partial charge < -0.3 is 4.74 Å². The molecule has 6 nitrogen and oxygen atoms in total. The summed E-state index contributed by atoms with van der Waals surface area (Å²) in [4.78, 5) is 4.69. The number of rotatable bonds is 9. The number of ether oxygens (including phenoxy) is 1. The van der Waals surface area contributed by atoms with E-state index in [4.69, 9.17) is 4.74 Å². The summed E-state index contributed by atoms with van der Waals surface area (Å²) >= 11 is 0. The molecule has 0 atom stereocenters. The predicted octanol–water partition coefficient (Wildman–Crippen LogP) is 5.83. The SMILES string of the molecule is CCCCOc1ccc(/C=N/Nc2nnc(-c3ccccc3)c(-c3ccccc3)n2)cc1. The van der Waals surface area contributed by atoms with Crippen LogP contribution in [-0.4, -0.2) is 28.0 Å². The highest BCUT2D eigenvalue weighted by Gasteiger charge is 2.13. The summed E-state index contributed by atoms with van der Waals surface area (Å²) in [5.74, 6) is 1.19. The molecule has 0 spiro atoms. The van der Waals surface area contributed by atoms with Crippen LogP contribution >= 0.6 is 0 Å². The first kappa shape index (κ1) is 21.2. The number of hydrazone groups is 1. The third-order valence-electron chi connectivity index (χ3n) is 4.81. The Hall–Kier alpha value is -4.06. The van der Waals surface area contributed by atoms with Crippen molar-refractivity contribution in [3.8, 4) is 28.3 Å². The van der Waals surface area contributed by atoms with Crippen molar-refractivity contribution in [2.24, 2.45) is 5.10 Å². The zero-order valence-corrected chi connectivity index (χ0v) is 18.0. The van der Waals surface area contributed by atoms with E-state index >= 15 is 0 Å². The quantitative estimate of drug-likeness (QED) is 0.208. The average molecular weight is 424 g/mol. The summed E-state index contributed by atoms with van der Waals surface area (Å²) in [6.45, 7) is 2.88. The van der Waals surface area contributed by atoms with Gasteiger partial charge in [-0.15, -0.1) is 10.2 Å². The first-order chi connectivity index (χ1) is 15.8. The number of nitrogens with one attached hydrogen (secondary N) is 1. The van der Waals surface area contributed by atoms with Gasteiger partial charge in [-0.1, -0.05) is 74.0 Å². The van der Waals surface area contributed by atoms with Crippen molar-refractivity contribution in [2.75, 3.05) is 12.0 Å². The number of unbranched alkanes of at least 4 members (excludes halogenated alkanes) is 1. The van der Waals surface area contributed by atoms with Crippen molar-refractivity contribution in [2.45, 2.75) is 19.8 Å². The summed E-state index contributed by atoms with van der Waals surface area (Å²) in [5.41, 5.74) is 7.23. The Kier molecular flexibility index (Phi) is 7.16. The molecule has 0 aliphatic heterocycles. The van der Waals surface area contributed by atoms with E-state index in [2.05, 4.69) is 32.6 Å². The number of nitrogens with zero attached hydrogens (tertiary/aromatic N) is 4. The van der Waals surface area contributed by atoms with Gasteiger partial charge in [-0.2, -0.15) is 5.10 Å². The van der Waals surface area contributed by atoms with Crippen LogP contribution < -0.4 is 10.2 Å². The zero-order chi connectivity index (χ0) is 22.0. The second kappa shape index (κ2) is 10.8. The van der Waals surface area contributed by atoms with Crippen LogP contribution in [0.15, 0.2) is 90.0 Å². The van der Waals surface area contributed by atoms with E-state index in [1.54, 1.807) is 6.21 Å². The average Bonchev–Trinajstić information content (AvgIpc) is 2.86. The molecule has 0 aliphatic carbocycles. The molecule has 3 aromatic carbocycles. The minimum atomic E-state index is 0.333. The molecule has 0 saturated heterocycles. The van der Waals surface area contributed by atoms with Gasteiger partial charge in [-0.3, -0.25) is 0 Å². The number of benzene rings is 3. The molecule has 32 heavy (non-hydrogen) atoms. The third-order valence-corrected chi connectivity index (χ3v) is 4.81. The topological polar surface area (TPSA) is 72.3 Å². The van der Waals surface area contributed by atoms with Gasteiger partial charge in [0, 0.05) is 11.1 Å². The predicted molar refractivity (Wildman–Crippen MR) is 129 cm³/mol. The minimum absolute atomic E-state index is 0.333. The summed E-state index contributed by atoms with van der Waals surface area (Å²) in [6, 6.07) is 27.7. The molecular formula is C26H25N5O. The fourth-order valence-electron chi connectivity index (χ4n) is 3.11. The first-order valence-corrected chi connectivity index (χ1v) is 10.7. The smallest absolute Gasteiger partial charge is 0.263 e. The third kappa shape index (κ3) is 5.55. The van der Waals surface area contributed by atoms with Gasteiger partial charge in [0.1, 0.15) is 17.1 Å². The summed E-state index contributed by atoms with van der Waals surface area (Å²) in [6.07, 6.45) is 3.88. The molecule has 0 saturated carbocycles. The van der Waals surface area contributed by atoms with Gasteiger partial charge in [0.2, 0.25) is 0 Å². The molecule has 0 aliphatic rings. The molecule has 0 unspecified atom stereocenters. The van der Waals surface area contributed by atoms with Crippen molar-refractivity contribution in [3.63, 3.8) is 0 Å². The van der Waals surface area contributed by atoms with Crippen molar-refractivity contribution >= 4 is 12.2 Å². The summed E-state index contributed by atoms with van der Waals surface area (Å²) in [7, 11) is 0. The van der Waals surface area contributed by atoms with Gasteiger partial charge in [0.15, 0.2) is 0 Å². The Morgan fingerprint density at radius 2 is 1.47 bits per heavy atom. The monoisotopic (exact) mass is 423 g/mol. The maximum atomic E-state index is 5.69. The molecule has 160 valence electrons. The molecule has 4 aromatic rings. The standard InChI is InChI=1S/C26H25N5O/c1-2-3-18-32-23-16-14-20(15-17-23)19-27-30-26-28-24(21-10-6-4-7-11-21)25(29-31-26)22-12-8-5-9-13-22/h4-17,19H,2-3,18H2,1H3,(H,28,30,31)/b27-19+. The lowest BCUT2D eigenvalue weighted by Crippen LogP contribution is -2.03. The molecular weight excluding hydrogens is 398 g/mol. The second-order valence-corrected chi connectivity index (χ2v) is 7.21. The Bertz CT molecular complexity index is 1150. The van der Waals surface area contributed by atoms with Gasteiger partial charge in [0.05, 0.1) is 12.8 Å². The zero-order valence-electron chi connectivity index (χ0n) is 18.0. The normalized spacial score (nSPS) is 10.9. The molecule has 0 fully saturated rings. The highest BCUT2D eigenvalue weighted by molar-refractivity contribution is 5.80. The van der Waals surface area contributed by atoms with Crippen molar-refractivity contribution in [1.29, 1.82) is 0 Å². The highest BCUT2D eigenvalue weighted by Crippen LogP contribution is 2.28. The van der Waals surface area contributed by atoms with Crippen LogP contribution in [0.1, 0.15) is 25.3 Å². The largest absolute Gasteiger partial charge is 0.494 e. The van der Waals surface area contributed by atoms with E-state index in [9.17, 15) is 0 Å². The fourth-order valence-corrected chi connectivity index (χ4v) is 3.11. The van der Waals surface area contributed by atoms with E-state index in [1.165, 1.54) is 0 Å². The van der Waals surface area contributed by atoms with Crippen LogP contribution in [0.25, 0.3) is 22.5 Å². The molecule has 0 bridgehead atoms. The van der Waals surface area contributed by atoms with Crippen LogP contribution in [0.3, 0.4) is 0 Å². The van der Waals surface area contributed by atoms with Crippen LogP contribution in [0.4, 0.5) is 5.95 Å². The molecule has 0 radical (unpaired) electrons. The maximum Gasteiger partial charge on any atom is 0.263 e. The Balaban J connectivity index is 1.51. The minimum Gasteiger partial charge on any atom is -0.494 e. The fraction of sp³-hybridized carbons (Fsp3) is 0.154. The summed E-state index contributed by atoms with van der Waals surface area (Å²) < 4.78 is 5.69. The van der Waals surface area contributed by atoms with Crippen LogP contribution in [0, 0.1) is 0 Å². The number of hydrogen-bond acceptors (Lipinski definition) is 6.